The minimum Gasteiger partial charge on any atom is -0.497 e. The zero-order valence-corrected chi connectivity index (χ0v) is 9.62. The van der Waals surface area contributed by atoms with Crippen LogP contribution in [0.5, 0.6) is 5.75 Å². The van der Waals surface area contributed by atoms with Crippen molar-refractivity contribution < 1.29 is 9.53 Å². The first kappa shape index (κ1) is 10.4. The average Bonchev–Trinajstić information content (AvgIpc) is 2.63. The van der Waals surface area contributed by atoms with Gasteiger partial charge in [0.15, 0.2) is 0 Å². The Morgan fingerprint density at radius 1 is 1.41 bits per heavy atom. The van der Waals surface area contributed by atoms with E-state index in [4.69, 9.17) is 4.74 Å². The molecule has 0 fully saturated rings. The molecule has 88 valence electrons. The molecule has 1 atom stereocenters. The van der Waals surface area contributed by atoms with Crippen LogP contribution in [0.3, 0.4) is 0 Å². The molecule has 1 aromatic carbocycles. The van der Waals surface area contributed by atoms with Crippen LogP contribution in [0.25, 0.3) is 0 Å². The van der Waals surface area contributed by atoms with Crippen LogP contribution in [0.15, 0.2) is 30.4 Å². The van der Waals surface area contributed by atoms with E-state index in [0.717, 1.165) is 23.5 Å². The normalized spacial score (nSPS) is 25.8. The van der Waals surface area contributed by atoms with Gasteiger partial charge in [-0.05, 0) is 23.8 Å². The molecule has 17 heavy (non-hydrogen) atoms. The Bertz CT molecular complexity index is 510. The SMILES string of the molecule is COc1ccc2c(c1)C1(C=CCNC1)C(=O)N2. The molecule has 4 heteroatoms. The molecule has 1 spiro atoms. The lowest BCUT2D eigenvalue weighted by molar-refractivity contribution is -0.119. The van der Waals surface area contributed by atoms with Gasteiger partial charge in [0.2, 0.25) is 5.91 Å². The summed E-state index contributed by atoms with van der Waals surface area (Å²) in [5.41, 5.74) is 1.30. The first-order valence-electron chi connectivity index (χ1n) is 5.65. The number of methoxy groups -OCH3 is 1. The first-order chi connectivity index (χ1) is 8.26. The molecular formula is C13H14N2O2. The molecule has 0 saturated heterocycles. The van der Waals surface area contributed by atoms with Crippen LogP contribution in [0, 0.1) is 0 Å². The second-order valence-electron chi connectivity index (χ2n) is 4.37. The van der Waals surface area contributed by atoms with E-state index in [1.165, 1.54) is 0 Å². The number of ether oxygens (including phenoxy) is 1. The molecule has 0 saturated carbocycles. The van der Waals surface area contributed by atoms with Crippen LogP contribution in [-0.4, -0.2) is 26.1 Å². The molecule has 3 rings (SSSR count). The first-order valence-corrected chi connectivity index (χ1v) is 5.65. The Morgan fingerprint density at radius 3 is 3.00 bits per heavy atom. The third-order valence-corrected chi connectivity index (χ3v) is 3.43. The van der Waals surface area contributed by atoms with Crippen molar-refractivity contribution in [3.63, 3.8) is 0 Å². The number of amides is 1. The van der Waals surface area contributed by atoms with Crippen molar-refractivity contribution in [3.05, 3.63) is 35.9 Å². The van der Waals surface area contributed by atoms with Crippen molar-refractivity contribution in [2.45, 2.75) is 5.41 Å². The van der Waals surface area contributed by atoms with Crippen LogP contribution in [0.1, 0.15) is 5.56 Å². The summed E-state index contributed by atoms with van der Waals surface area (Å²) in [5.74, 6) is 0.808. The topological polar surface area (TPSA) is 50.4 Å². The number of hydrogen-bond donors (Lipinski definition) is 2. The van der Waals surface area contributed by atoms with E-state index in [-0.39, 0.29) is 5.91 Å². The van der Waals surface area contributed by atoms with Gasteiger partial charge in [-0.25, -0.2) is 0 Å². The average molecular weight is 230 g/mol. The number of fused-ring (bicyclic) bond motifs is 2. The summed E-state index contributed by atoms with van der Waals surface area (Å²) in [6, 6.07) is 5.69. The molecule has 1 unspecified atom stereocenters. The van der Waals surface area contributed by atoms with Gasteiger partial charge in [-0.2, -0.15) is 0 Å². The Hall–Kier alpha value is -1.81. The number of carbonyl (C=O) groups is 1. The highest BCUT2D eigenvalue weighted by molar-refractivity contribution is 6.08. The summed E-state index contributed by atoms with van der Waals surface area (Å²) in [6.45, 7) is 1.45. The Labute approximate surface area is 99.7 Å². The van der Waals surface area contributed by atoms with E-state index in [1.54, 1.807) is 7.11 Å². The fraction of sp³-hybridized carbons (Fsp3) is 0.308. The highest BCUT2D eigenvalue weighted by Crippen LogP contribution is 2.41. The minimum atomic E-state index is -0.567. The van der Waals surface area contributed by atoms with Crippen molar-refractivity contribution in [2.75, 3.05) is 25.5 Å². The van der Waals surface area contributed by atoms with Crippen LogP contribution in [0.2, 0.25) is 0 Å². The fourth-order valence-corrected chi connectivity index (χ4v) is 2.50. The number of anilines is 1. The molecule has 0 aliphatic carbocycles. The lowest BCUT2D eigenvalue weighted by Crippen LogP contribution is -2.45. The van der Waals surface area contributed by atoms with E-state index < -0.39 is 5.41 Å². The van der Waals surface area contributed by atoms with Gasteiger partial charge in [0, 0.05) is 18.8 Å². The molecule has 1 amide bonds. The highest BCUT2D eigenvalue weighted by atomic mass is 16.5. The van der Waals surface area contributed by atoms with Gasteiger partial charge >= 0.3 is 0 Å². The smallest absolute Gasteiger partial charge is 0.240 e. The summed E-state index contributed by atoms with van der Waals surface area (Å²) in [4.78, 5) is 12.2. The second-order valence-corrected chi connectivity index (χ2v) is 4.37. The summed E-state index contributed by atoms with van der Waals surface area (Å²) < 4.78 is 5.23. The second kappa shape index (κ2) is 3.60. The van der Waals surface area contributed by atoms with Crippen LogP contribution < -0.4 is 15.4 Å². The van der Waals surface area contributed by atoms with Gasteiger partial charge in [-0.15, -0.1) is 0 Å². The largest absolute Gasteiger partial charge is 0.497 e. The summed E-state index contributed by atoms with van der Waals surface area (Å²) in [6.07, 6.45) is 3.99. The number of benzene rings is 1. The molecule has 1 aromatic rings. The maximum Gasteiger partial charge on any atom is 0.240 e. The van der Waals surface area contributed by atoms with E-state index in [2.05, 4.69) is 10.6 Å². The van der Waals surface area contributed by atoms with Crippen molar-refractivity contribution >= 4 is 11.6 Å². The van der Waals surface area contributed by atoms with E-state index >= 15 is 0 Å². The predicted molar refractivity (Wildman–Crippen MR) is 65.3 cm³/mol. The van der Waals surface area contributed by atoms with E-state index in [9.17, 15) is 4.79 Å². The molecule has 0 radical (unpaired) electrons. The monoisotopic (exact) mass is 230 g/mol. The Kier molecular flexibility index (Phi) is 2.19. The van der Waals surface area contributed by atoms with Gasteiger partial charge in [0.1, 0.15) is 11.2 Å². The Morgan fingerprint density at radius 2 is 2.29 bits per heavy atom. The van der Waals surface area contributed by atoms with Crippen LogP contribution >= 0.6 is 0 Å². The van der Waals surface area contributed by atoms with Crippen molar-refractivity contribution in [1.82, 2.24) is 5.32 Å². The van der Waals surface area contributed by atoms with Crippen molar-refractivity contribution in [2.24, 2.45) is 0 Å². The zero-order valence-electron chi connectivity index (χ0n) is 9.62. The van der Waals surface area contributed by atoms with Crippen molar-refractivity contribution in [3.8, 4) is 5.75 Å². The van der Waals surface area contributed by atoms with Gasteiger partial charge in [-0.1, -0.05) is 12.2 Å². The summed E-state index contributed by atoms with van der Waals surface area (Å²) in [5, 5.41) is 6.16. The van der Waals surface area contributed by atoms with Crippen LogP contribution in [-0.2, 0) is 10.2 Å². The standard InChI is InChI=1S/C13H14N2O2/c1-17-9-3-4-11-10(7-9)13(12(16)15-11)5-2-6-14-8-13/h2-5,7,14H,6,8H2,1H3,(H,15,16). The lowest BCUT2D eigenvalue weighted by atomic mass is 9.79. The highest BCUT2D eigenvalue weighted by Gasteiger charge is 2.45. The molecule has 0 bridgehead atoms. The quantitative estimate of drug-likeness (QED) is 0.709. The van der Waals surface area contributed by atoms with E-state index in [0.29, 0.717) is 6.54 Å². The third kappa shape index (κ3) is 1.37. The summed E-state index contributed by atoms with van der Waals surface area (Å²) >= 11 is 0. The molecule has 2 aliphatic heterocycles. The van der Waals surface area contributed by atoms with Gasteiger partial charge in [0.05, 0.1) is 7.11 Å². The summed E-state index contributed by atoms with van der Waals surface area (Å²) in [7, 11) is 1.63. The maximum atomic E-state index is 12.2. The van der Waals surface area contributed by atoms with Crippen LogP contribution in [0.4, 0.5) is 5.69 Å². The van der Waals surface area contributed by atoms with Gasteiger partial charge < -0.3 is 15.4 Å². The molecule has 0 aromatic heterocycles. The molecular weight excluding hydrogens is 216 g/mol. The molecule has 2 aliphatic rings. The predicted octanol–water partition coefficient (Wildman–Crippen LogP) is 1.04. The fourth-order valence-electron chi connectivity index (χ4n) is 2.50. The van der Waals surface area contributed by atoms with Gasteiger partial charge in [0.25, 0.3) is 0 Å². The maximum absolute atomic E-state index is 12.2. The number of rotatable bonds is 1. The zero-order chi connectivity index (χ0) is 11.9. The number of hydrogen-bond acceptors (Lipinski definition) is 3. The lowest BCUT2D eigenvalue weighted by Gasteiger charge is -2.27. The number of nitrogens with one attached hydrogen (secondary N) is 2. The third-order valence-electron chi connectivity index (χ3n) is 3.43. The van der Waals surface area contributed by atoms with E-state index in [1.807, 2.05) is 30.4 Å². The molecule has 4 nitrogen and oxygen atoms in total. The molecule has 2 N–H and O–H groups in total. The Balaban J connectivity index is 2.17. The van der Waals surface area contributed by atoms with Gasteiger partial charge in [-0.3, -0.25) is 4.79 Å². The minimum absolute atomic E-state index is 0.0317. The number of carbonyl (C=O) groups excluding carboxylic acids is 1. The van der Waals surface area contributed by atoms with Crippen molar-refractivity contribution in [1.29, 1.82) is 0 Å². The molecule has 2 heterocycles.